The SMILES string of the molecule is O=C(NCc1ccccc1)c1ccnc(Nc2ccccc2Br)c1. The maximum Gasteiger partial charge on any atom is 0.251 e. The minimum absolute atomic E-state index is 0.128. The monoisotopic (exact) mass is 381 g/mol. The standard InChI is InChI=1S/C19H16BrN3O/c20-16-8-4-5-9-17(16)23-18-12-15(10-11-21-18)19(24)22-13-14-6-2-1-3-7-14/h1-12H,13H2,(H,21,23)(H,22,24). The summed E-state index contributed by atoms with van der Waals surface area (Å²) >= 11 is 3.48. The Hall–Kier alpha value is -2.66. The highest BCUT2D eigenvalue weighted by molar-refractivity contribution is 9.10. The molecule has 4 nitrogen and oxygen atoms in total. The fourth-order valence-corrected chi connectivity index (χ4v) is 2.60. The summed E-state index contributed by atoms with van der Waals surface area (Å²) in [5, 5.41) is 6.12. The first-order chi connectivity index (χ1) is 11.7. The Balaban J connectivity index is 1.68. The van der Waals surface area contributed by atoms with E-state index in [1.54, 1.807) is 18.3 Å². The summed E-state index contributed by atoms with van der Waals surface area (Å²) in [7, 11) is 0. The van der Waals surface area contributed by atoms with Gasteiger partial charge in [0.25, 0.3) is 5.91 Å². The molecule has 24 heavy (non-hydrogen) atoms. The van der Waals surface area contributed by atoms with E-state index >= 15 is 0 Å². The van der Waals surface area contributed by atoms with E-state index in [9.17, 15) is 4.79 Å². The quantitative estimate of drug-likeness (QED) is 0.682. The van der Waals surface area contributed by atoms with Gasteiger partial charge in [-0.25, -0.2) is 4.98 Å². The van der Waals surface area contributed by atoms with Crippen LogP contribution in [-0.4, -0.2) is 10.9 Å². The van der Waals surface area contributed by atoms with Gasteiger partial charge in [-0.1, -0.05) is 42.5 Å². The van der Waals surface area contributed by atoms with Crippen LogP contribution in [0.25, 0.3) is 0 Å². The molecule has 120 valence electrons. The number of benzene rings is 2. The Morgan fingerprint density at radius 1 is 1.00 bits per heavy atom. The Morgan fingerprint density at radius 3 is 2.54 bits per heavy atom. The van der Waals surface area contributed by atoms with Crippen molar-refractivity contribution in [2.24, 2.45) is 0 Å². The molecule has 0 fully saturated rings. The average molecular weight is 382 g/mol. The van der Waals surface area contributed by atoms with Gasteiger partial charge in [0.05, 0.1) is 5.69 Å². The molecule has 0 saturated carbocycles. The maximum atomic E-state index is 12.3. The minimum Gasteiger partial charge on any atom is -0.348 e. The normalized spacial score (nSPS) is 10.2. The van der Waals surface area contributed by atoms with Crippen molar-refractivity contribution in [2.75, 3.05) is 5.32 Å². The van der Waals surface area contributed by atoms with Crippen LogP contribution in [0.15, 0.2) is 77.4 Å². The largest absolute Gasteiger partial charge is 0.348 e. The number of aromatic nitrogens is 1. The van der Waals surface area contributed by atoms with Gasteiger partial charge in [-0.3, -0.25) is 4.79 Å². The molecule has 0 aliphatic rings. The second-order valence-electron chi connectivity index (χ2n) is 5.20. The molecular formula is C19H16BrN3O. The molecule has 0 spiro atoms. The fraction of sp³-hybridized carbons (Fsp3) is 0.0526. The average Bonchev–Trinajstić information content (AvgIpc) is 2.63. The molecule has 5 heteroatoms. The van der Waals surface area contributed by atoms with Crippen LogP contribution in [0, 0.1) is 0 Å². The van der Waals surface area contributed by atoms with E-state index in [1.807, 2.05) is 54.6 Å². The molecule has 3 aromatic rings. The molecule has 0 saturated heterocycles. The van der Waals surface area contributed by atoms with E-state index in [0.29, 0.717) is 17.9 Å². The summed E-state index contributed by atoms with van der Waals surface area (Å²) in [5.41, 5.74) is 2.52. The van der Waals surface area contributed by atoms with E-state index in [2.05, 4.69) is 31.5 Å². The molecule has 3 rings (SSSR count). The van der Waals surface area contributed by atoms with Gasteiger partial charge in [-0.15, -0.1) is 0 Å². The van der Waals surface area contributed by atoms with Crippen LogP contribution in [0.3, 0.4) is 0 Å². The summed E-state index contributed by atoms with van der Waals surface area (Å²) in [5.74, 6) is 0.491. The van der Waals surface area contributed by atoms with Gasteiger partial charge in [0, 0.05) is 22.8 Å². The second kappa shape index (κ2) is 7.75. The lowest BCUT2D eigenvalue weighted by atomic mass is 10.2. The molecular weight excluding hydrogens is 366 g/mol. The maximum absolute atomic E-state index is 12.3. The molecule has 0 atom stereocenters. The first kappa shape index (κ1) is 16.2. The van der Waals surface area contributed by atoms with Crippen molar-refractivity contribution in [2.45, 2.75) is 6.54 Å². The first-order valence-corrected chi connectivity index (χ1v) is 8.31. The van der Waals surface area contributed by atoms with Gasteiger partial charge < -0.3 is 10.6 Å². The summed E-state index contributed by atoms with van der Waals surface area (Å²) < 4.78 is 0.936. The van der Waals surface area contributed by atoms with E-state index in [0.717, 1.165) is 15.7 Å². The van der Waals surface area contributed by atoms with Gasteiger partial charge in [0.15, 0.2) is 0 Å². The molecule has 0 aliphatic carbocycles. The Kier molecular flexibility index (Phi) is 5.23. The minimum atomic E-state index is -0.128. The zero-order chi connectivity index (χ0) is 16.8. The number of carbonyl (C=O) groups excluding carboxylic acids is 1. The number of amides is 1. The number of nitrogens with one attached hydrogen (secondary N) is 2. The van der Waals surface area contributed by atoms with Crippen molar-refractivity contribution in [1.29, 1.82) is 0 Å². The molecule has 0 radical (unpaired) electrons. The van der Waals surface area contributed by atoms with Crippen LogP contribution >= 0.6 is 15.9 Å². The third kappa shape index (κ3) is 4.20. The van der Waals surface area contributed by atoms with Crippen LogP contribution in [0.5, 0.6) is 0 Å². The molecule has 1 heterocycles. The number of nitrogens with zero attached hydrogens (tertiary/aromatic N) is 1. The van der Waals surface area contributed by atoms with Crippen LogP contribution in [0.1, 0.15) is 15.9 Å². The Bertz CT molecular complexity index is 837. The van der Waals surface area contributed by atoms with E-state index in [1.165, 1.54) is 0 Å². The zero-order valence-electron chi connectivity index (χ0n) is 12.9. The summed E-state index contributed by atoms with van der Waals surface area (Å²) in [4.78, 5) is 16.6. The van der Waals surface area contributed by atoms with Crippen LogP contribution in [0.2, 0.25) is 0 Å². The Labute approximate surface area is 149 Å². The number of para-hydroxylation sites is 1. The highest BCUT2D eigenvalue weighted by Crippen LogP contribution is 2.24. The molecule has 2 aromatic carbocycles. The van der Waals surface area contributed by atoms with Crippen molar-refractivity contribution in [3.8, 4) is 0 Å². The summed E-state index contributed by atoms with van der Waals surface area (Å²) in [6.07, 6.45) is 1.62. The lowest BCUT2D eigenvalue weighted by Gasteiger charge is -2.09. The van der Waals surface area contributed by atoms with Crippen molar-refractivity contribution in [3.05, 3.63) is 88.5 Å². The molecule has 1 aromatic heterocycles. The Morgan fingerprint density at radius 2 is 1.75 bits per heavy atom. The second-order valence-corrected chi connectivity index (χ2v) is 6.06. The third-order valence-corrected chi connectivity index (χ3v) is 4.15. The summed E-state index contributed by atoms with van der Waals surface area (Å²) in [6, 6.07) is 21.0. The number of hydrogen-bond acceptors (Lipinski definition) is 3. The lowest BCUT2D eigenvalue weighted by Crippen LogP contribution is -2.22. The number of rotatable bonds is 5. The van der Waals surface area contributed by atoms with Crippen molar-refractivity contribution < 1.29 is 4.79 Å². The van der Waals surface area contributed by atoms with Crippen molar-refractivity contribution >= 4 is 33.3 Å². The number of carbonyl (C=O) groups is 1. The molecule has 0 unspecified atom stereocenters. The number of halogens is 1. The van der Waals surface area contributed by atoms with Gasteiger partial charge in [-0.2, -0.15) is 0 Å². The molecule has 0 aliphatic heterocycles. The van der Waals surface area contributed by atoms with E-state index < -0.39 is 0 Å². The van der Waals surface area contributed by atoms with Gasteiger partial charge >= 0.3 is 0 Å². The summed E-state index contributed by atoms with van der Waals surface area (Å²) in [6.45, 7) is 0.495. The van der Waals surface area contributed by atoms with Crippen molar-refractivity contribution in [3.63, 3.8) is 0 Å². The van der Waals surface area contributed by atoms with E-state index in [4.69, 9.17) is 0 Å². The third-order valence-electron chi connectivity index (χ3n) is 3.45. The van der Waals surface area contributed by atoms with Gasteiger partial charge in [0.1, 0.15) is 5.82 Å². The topological polar surface area (TPSA) is 54.0 Å². The van der Waals surface area contributed by atoms with Crippen LogP contribution < -0.4 is 10.6 Å². The highest BCUT2D eigenvalue weighted by Gasteiger charge is 2.07. The van der Waals surface area contributed by atoms with Gasteiger partial charge in [0.2, 0.25) is 0 Å². The predicted molar refractivity (Wildman–Crippen MR) is 99.3 cm³/mol. The van der Waals surface area contributed by atoms with Crippen molar-refractivity contribution in [1.82, 2.24) is 10.3 Å². The number of anilines is 2. The smallest absolute Gasteiger partial charge is 0.251 e. The lowest BCUT2D eigenvalue weighted by molar-refractivity contribution is 0.0951. The molecule has 1 amide bonds. The van der Waals surface area contributed by atoms with Crippen LogP contribution in [-0.2, 0) is 6.54 Å². The highest BCUT2D eigenvalue weighted by atomic mass is 79.9. The molecule has 0 bridgehead atoms. The van der Waals surface area contributed by atoms with Gasteiger partial charge in [-0.05, 0) is 45.8 Å². The predicted octanol–water partition coefficient (Wildman–Crippen LogP) is 4.52. The number of pyridine rings is 1. The first-order valence-electron chi connectivity index (χ1n) is 7.52. The van der Waals surface area contributed by atoms with E-state index in [-0.39, 0.29) is 5.91 Å². The van der Waals surface area contributed by atoms with Crippen LogP contribution in [0.4, 0.5) is 11.5 Å². The zero-order valence-corrected chi connectivity index (χ0v) is 14.5. The fourth-order valence-electron chi connectivity index (χ4n) is 2.22. The molecule has 2 N–H and O–H groups in total. The number of hydrogen-bond donors (Lipinski definition) is 2.